The lowest BCUT2D eigenvalue weighted by atomic mass is 9.97. The van der Waals surface area contributed by atoms with Crippen molar-refractivity contribution < 1.29 is 4.79 Å². The van der Waals surface area contributed by atoms with Crippen molar-refractivity contribution in [3.8, 4) is 0 Å². The summed E-state index contributed by atoms with van der Waals surface area (Å²) in [6.07, 6.45) is 6.36. The summed E-state index contributed by atoms with van der Waals surface area (Å²) in [7, 11) is 0. The second-order valence-electron chi connectivity index (χ2n) is 7.12. The van der Waals surface area contributed by atoms with E-state index in [9.17, 15) is 4.79 Å². The second-order valence-corrected chi connectivity index (χ2v) is 9.70. The molecule has 0 bridgehead atoms. The third-order valence-corrected chi connectivity index (χ3v) is 7.15. The van der Waals surface area contributed by atoms with Gasteiger partial charge in [0.05, 0.1) is 11.4 Å². The third kappa shape index (κ3) is 3.94. The third-order valence-electron chi connectivity index (χ3n) is 5.19. The van der Waals surface area contributed by atoms with Crippen LogP contribution in [0.2, 0.25) is 0 Å². The standard InChI is InChI=1S/C24H23NOS2/c1-16-23(11-19(27-16)14-25-13-18-7-4-3-5-8-18)21-9-6-10-22(21)24-12-20(15-26)28-17(24)2/h3-5,7-8,11-12,14-15H,6,9-10,13H2,1-2H3. The molecule has 0 saturated heterocycles. The largest absolute Gasteiger partial charge is 0.297 e. The Hall–Kier alpha value is -2.30. The molecular formula is C24H23NOS2. The highest BCUT2D eigenvalue weighted by Crippen LogP contribution is 2.44. The van der Waals surface area contributed by atoms with Gasteiger partial charge in [0.25, 0.3) is 0 Å². The average molecular weight is 406 g/mol. The van der Waals surface area contributed by atoms with Crippen molar-refractivity contribution in [2.24, 2.45) is 4.99 Å². The van der Waals surface area contributed by atoms with Gasteiger partial charge in [-0.3, -0.25) is 9.79 Å². The highest BCUT2D eigenvalue weighted by Gasteiger charge is 2.22. The predicted octanol–water partition coefficient (Wildman–Crippen LogP) is 6.95. The first-order valence-electron chi connectivity index (χ1n) is 9.58. The topological polar surface area (TPSA) is 29.4 Å². The number of carbonyl (C=O) groups is 1. The lowest BCUT2D eigenvalue weighted by molar-refractivity contribution is 0.112. The summed E-state index contributed by atoms with van der Waals surface area (Å²) in [4.78, 5) is 20.4. The number of aryl methyl sites for hydroxylation is 2. The van der Waals surface area contributed by atoms with E-state index in [4.69, 9.17) is 0 Å². The number of thiophene rings is 2. The molecule has 28 heavy (non-hydrogen) atoms. The Morgan fingerprint density at radius 1 is 0.929 bits per heavy atom. The molecule has 1 aliphatic rings. The van der Waals surface area contributed by atoms with Gasteiger partial charge in [0.15, 0.2) is 6.29 Å². The summed E-state index contributed by atoms with van der Waals surface area (Å²) in [5.41, 5.74) is 6.73. The molecule has 2 aromatic heterocycles. The number of rotatable bonds is 6. The van der Waals surface area contributed by atoms with E-state index in [1.165, 1.54) is 48.9 Å². The van der Waals surface area contributed by atoms with Gasteiger partial charge in [-0.2, -0.15) is 0 Å². The average Bonchev–Trinajstić information content (AvgIpc) is 3.40. The predicted molar refractivity (Wildman–Crippen MR) is 122 cm³/mol. The zero-order chi connectivity index (χ0) is 19.5. The van der Waals surface area contributed by atoms with E-state index >= 15 is 0 Å². The molecule has 0 fully saturated rings. The van der Waals surface area contributed by atoms with Gasteiger partial charge in [0, 0.05) is 20.8 Å². The summed E-state index contributed by atoms with van der Waals surface area (Å²) in [5, 5.41) is 0. The molecule has 0 unspecified atom stereocenters. The second kappa shape index (κ2) is 8.38. The molecule has 2 nitrogen and oxygen atoms in total. The quantitative estimate of drug-likeness (QED) is 0.322. The first-order chi connectivity index (χ1) is 13.7. The SMILES string of the molecule is Cc1sc(C=O)cc1C1=C(c2cc(C=NCc3ccccc3)sc2C)CCC1. The maximum absolute atomic E-state index is 11.2. The van der Waals surface area contributed by atoms with Crippen LogP contribution < -0.4 is 0 Å². The molecule has 0 spiro atoms. The minimum atomic E-state index is 0.712. The Balaban J connectivity index is 1.61. The van der Waals surface area contributed by atoms with Crippen molar-refractivity contribution in [1.29, 1.82) is 0 Å². The molecule has 0 N–H and O–H groups in total. The van der Waals surface area contributed by atoms with Gasteiger partial charge in [-0.1, -0.05) is 30.3 Å². The molecule has 2 heterocycles. The Morgan fingerprint density at radius 3 is 2.14 bits per heavy atom. The molecule has 1 aromatic carbocycles. The van der Waals surface area contributed by atoms with E-state index in [1.54, 1.807) is 11.3 Å². The molecule has 4 rings (SSSR count). The summed E-state index contributed by atoms with van der Waals surface area (Å²) in [6, 6.07) is 14.7. The highest BCUT2D eigenvalue weighted by molar-refractivity contribution is 7.14. The summed E-state index contributed by atoms with van der Waals surface area (Å²) >= 11 is 3.41. The van der Waals surface area contributed by atoms with Crippen molar-refractivity contribution in [3.63, 3.8) is 0 Å². The number of nitrogens with zero attached hydrogens (tertiary/aromatic N) is 1. The van der Waals surface area contributed by atoms with Crippen LogP contribution in [0.25, 0.3) is 11.1 Å². The molecule has 4 heteroatoms. The molecule has 0 atom stereocenters. The van der Waals surface area contributed by atoms with Crippen LogP contribution in [0.4, 0.5) is 0 Å². The van der Waals surface area contributed by atoms with Crippen molar-refractivity contribution >= 4 is 46.3 Å². The van der Waals surface area contributed by atoms with Gasteiger partial charge >= 0.3 is 0 Å². The number of hydrogen-bond donors (Lipinski definition) is 0. The Bertz CT molecular complexity index is 1050. The van der Waals surface area contributed by atoms with Crippen molar-refractivity contribution in [1.82, 2.24) is 0 Å². The monoisotopic (exact) mass is 405 g/mol. The number of benzene rings is 1. The van der Waals surface area contributed by atoms with E-state index < -0.39 is 0 Å². The molecule has 1 aliphatic carbocycles. The number of carbonyl (C=O) groups excluding carboxylic acids is 1. The van der Waals surface area contributed by atoms with E-state index in [0.29, 0.717) is 6.54 Å². The molecule has 0 aliphatic heterocycles. The first kappa shape index (κ1) is 19.0. The van der Waals surface area contributed by atoms with Crippen LogP contribution in [-0.4, -0.2) is 12.5 Å². The van der Waals surface area contributed by atoms with Gasteiger partial charge in [0.1, 0.15) is 0 Å². The van der Waals surface area contributed by atoms with Crippen LogP contribution >= 0.6 is 22.7 Å². The number of aliphatic imine (C=N–C) groups is 1. The van der Waals surface area contributed by atoms with Gasteiger partial charge in [-0.15, -0.1) is 22.7 Å². The number of hydrogen-bond acceptors (Lipinski definition) is 4. The molecule has 0 amide bonds. The fraction of sp³-hybridized carbons (Fsp3) is 0.250. The lowest BCUT2D eigenvalue weighted by Crippen LogP contribution is -1.86. The maximum atomic E-state index is 11.2. The van der Waals surface area contributed by atoms with E-state index in [-0.39, 0.29) is 0 Å². The highest BCUT2D eigenvalue weighted by atomic mass is 32.1. The van der Waals surface area contributed by atoms with E-state index in [0.717, 1.165) is 24.0 Å². The molecule has 0 saturated carbocycles. The summed E-state index contributed by atoms with van der Waals surface area (Å²) in [6.45, 7) is 5.04. The van der Waals surface area contributed by atoms with Crippen molar-refractivity contribution in [2.45, 2.75) is 39.7 Å². The maximum Gasteiger partial charge on any atom is 0.160 e. The van der Waals surface area contributed by atoms with Gasteiger partial charge in [-0.25, -0.2) is 0 Å². The number of aldehydes is 1. The lowest BCUT2D eigenvalue weighted by Gasteiger charge is -2.07. The minimum Gasteiger partial charge on any atom is -0.297 e. The van der Waals surface area contributed by atoms with Gasteiger partial charge in [-0.05, 0) is 73.1 Å². The zero-order valence-electron chi connectivity index (χ0n) is 16.2. The molecular weight excluding hydrogens is 382 g/mol. The summed E-state index contributed by atoms with van der Waals surface area (Å²) < 4.78 is 0. The Labute approximate surface area is 174 Å². The Kier molecular flexibility index (Phi) is 5.69. The minimum absolute atomic E-state index is 0.712. The molecule has 142 valence electrons. The van der Waals surface area contributed by atoms with Crippen LogP contribution in [0, 0.1) is 13.8 Å². The van der Waals surface area contributed by atoms with Crippen LogP contribution in [-0.2, 0) is 6.54 Å². The fourth-order valence-corrected chi connectivity index (χ4v) is 5.71. The van der Waals surface area contributed by atoms with Crippen molar-refractivity contribution in [2.75, 3.05) is 0 Å². The van der Waals surface area contributed by atoms with Crippen molar-refractivity contribution in [3.05, 3.63) is 78.7 Å². The fourth-order valence-electron chi connectivity index (χ4n) is 3.89. The summed E-state index contributed by atoms with van der Waals surface area (Å²) in [5.74, 6) is 0. The zero-order valence-corrected chi connectivity index (χ0v) is 17.8. The smallest absolute Gasteiger partial charge is 0.160 e. The number of allylic oxidation sites excluding steroid dienone is 2. The van der Waals surface area contributed by atoms with Gasteiger partial charge in [0.2, 0.25) is 0 Å². The van der Waals surface area contributed by atoms with Crippen LogP contribution in [0.15, 0.2) is 47.5 Å². The Morgan fingerprint density at radius 2 is 1.54 bits per heavy atom. The molecule has 0 radical (unpaired) electrons. The van der Waals surface area contributed by atoms with E-state index in [1.807, 2.05) is 23.6 Å². The normalized spacial score (nSPS) is 14.4. The van der Waals surface area contributed by atoms with Crippen LogP contribution in [0.5, 0.6) is 0 Å². The van der Waals surface area contributed by atoms with Crippen LogP contribution in [0.3, 0.4) is 0 Å². The first-order valence-corrected chi connectivity index (χ1v) is 11.2. The molecule has 3 aromatic rings. The van der Waals surface area contributed by atoms with E-state index in [2.05, 4.69) is 55.2 Å². The van der Waals surface area contributed by atoms with Gasteiger partial charge < -0.3 is 0 Å². The van der Waals surface area contributed by atoms with Crippen LogP contribution in [0.1, 0.15) is 60.3 Å².